The van der Waals surface area contributed by atoms with Gasteiger partial charge >= 0.3 is 0 Å². The van der Waals surface area contributed by atoms with Gasteiger partial charge in [-0.1, -0.05) is 0 Å². The Morgan fingerprint density at radius 3 is 2.38 bits per heavy atom. The molecule has 5 aliphatic rings. The molecule has 2 amide bonds. The van der Waals surface area contributed by atoms with Crippen LogP contribution < -0.4 is 4.80 Å². The Morgan fingerprint density at radius 2 is 1.81 bits per heavy atom. The first-order valence-electron chi connectivity index (χ1n) is 10.0. The van der Waals surface area contributed by atoms with Crippen LogP contribution in [0.2, 0.25) is 0 Å². The third-order valence-electron chi connectivity index (χ3n) is 7.26. The monoisotopic (exact) mass is 373 g/mol. The summed E-state index contributed by atoms with van der Waals surface area (Å²) in [5.74, 6) is 2.38. The van der Waals surface area contributed by atoms with E-state index in [1.807, 2.05) is 28.1 Å². The van der Waals surface area contributed by atoms with Crippen LogP contribution in [0.25, 0.3) is 0 Å². The summed E-state index contributed by atoms with van der Waals surface area (Å²) in [4.78, 5) is 33.4. The molecule has 1 unspecified atom stereocenters. The van der Waals surface area contributed by atoms with Crippen LogP contribution in [0.5, 0.6) is 0 Å². The molecule has 1 atom stereocenters. The zero-order valence-corrected chi connectivity index (χ0v) is 16.2. The molecule has 6 heteroatoms. The molecule has 4 bridgehead atoms. The summed E-state index contributed by atoms with van der Waals surface area (Å²) >= 11 is 1.47. The largest absolute Gasteiger partial charge is 0.330 e. The normalized spacial score (nSPS) is 39.0. The first-order chi connectivity index (χ1) is 12.5. The van der Waals surface area contributed by atoms with Gasteiger partial charge in [-0.25, -0.2) is 0 Å². The summed E-state index contributed by atoms with van der Waals surface area (Å²) in [5, 5.41) is 1.93. The second-order valence-corrected chi connectivity index (χ2v) is 9.97. The van der Waals surface area contributed by atoms with E-state index < -0.39 is 0 Å². The van der Waals surface area contributed by atoms with Gasteiger partial charge in [-0.3, -0.25) is 9.59 Å². The highest BCUT2D eigenvalue weighted by Crippen LogP contribution is 2.60. The van der Waals surface area contributed by atoms with Crippen LogP contribution in [0.4, 0.5) is 0 Å². The van der Waals surface area contributed by atoms with Crippen LogP contribution in [0.3, 0.4) is 0 Å². The Kier molecular flexibility index (Phi) is 3.89. The van der Waals surface area contributed by atoms with E-state index >= 15 is 0 Å². The maximum Gasteiger partial charge on any atom is 0.271 e. The minimum atomic E-state index is -0.349. The SMILES string of the molecule is Cn1ccsc1=NC(=O)C1CCCN1C(=O)C12CC3CC(CC(C3)C1)C2. The Balaban J connectivity index is 1.40. The van der Waals surface area contributed by atoms with E-state index in [0.29, 0.717) is 4.80 Å². The summed E-state index contributed by atoms with van der Waals surface area (Å²) in [6, 6.07) is -0.349. The number of carbonyl (C=O) groups excluding carboxylic acids is 2. The van der Waals surface area contributed by atoms with Crippen molar-refractivity contribution in [1.29, 1.82) is 0 Å². The predicted molar refractivity (Wildman–Crippen MR) is 99.2 cm³/mol. The lowest BCUT2D eigenvalue weighted by molar-refractivity contribution is -0.160. The summed E-state index contributed by atoms with van der Waals surface area (Å²) in [7, 11) is 1.90. The van der Waals surface area contributed by atoms with Crippen LogP contribution in [0, 0.1) is 23.2 Å². The highest BCUT2D eigenvalue weighted by molar-refractivity contribution is 7.07. The van der Waals surface area contributed by atoms with E-state index in [1.54, 1.807) is 0 Å². The Labute approximate surface area is 158 Å². The molecule has 0 spiro atoms. The second kappa shape index (κ2) is 6.04. The number of amides is 2. The predicted octanol–water partition coefficient (Wildman–Crippen LogP) is 2.72. The Morgan fingerprint density at radius 1 is 1.15 bits per heavy atom. The number of thiazole rings is 1. The number of hydrogen-bond acceptors (Lipinski definition) is 3. The van der Waals surface area contributed by atoms with E-state index in [1.165, 1.54) is 30.6 Å². The molecule has 140 valence electrons. The molecule has 1 saturated heterocycles. The summed E-state index contributed by atoms with van der Waals surface area (Å²) in [6.45, 7) is 0.725. The Bertz CT molecular complexity index is 773. The van der Waals surface area contributed by atoms with Crippen molar-refractivity contribution in [2.24, 2.45) is 35.2 Å². The van der Waals surface area contributed by atoms with E-state index in [0.717, 1.165) is 56.4 Å². The van der Waals surface area contributed by atoms with Crippen molar-refractivity contribution < 1.29 is 9.59 Å². The fourth-order valence-corrected chi connectivity index (χ4v) is 7.28. The topological polar surface area (TPSA) is 54.7 Å². The van der Waals surface area contributed by atoms with Crippen molar-refractivity contribution in [1.82, 2.24) is 9.47 Å². The lowest BCUT2D eigenvalue weighted by Crippen LogP contribution is -2.56. The van der Waals surface area contributed by atoms with Gasteiger partial charge in [0.05, 0.1) is 5.41 Å². The number of hydrogen-bond donors (Lipinski definition) is 0. The van der Waals surface area contributed by atoms with Crippen LogP contribution >= 0.6 is 11.3 Å². The van der Waals surface area contributed by atoms with Gasteiger partial charge in [0.25, 0.3) is 5.91 Å². The maximum absolute atomic E-state index is 13.6. The van der Waals surface area contributed by atoms with Gasteiger partial charge in [-0.2, -0.15) is 4.99 Å². The number of rotatable bonds is 2. The lowest BCUT2D eigenvalue weighted by atomic mass is 9.49. The number of likely N-dealkylation sites (tertiary alicyclic amines) is 1. The minimum absolute atomic E-state index is 0.140. The van der Waals surface area contributed by atoms with E-state index in [4.69, 9.17) is 0 Å². The quantitative estimate of drug-likeness (QED) is 0.800. The average molecular weight is 374 g/mol. The molecule has 0 N–H and O–H groups in total. The number of aromatic nitrogens is 1. The van der Waals surface area contributed by atoms with Gasteiger partial charge in [0, 0.05) is 25.2 Å². The number of aryl methyl sites for hydroxylation is 1. The molecule has 4 saturated carbocycles. The third kappa shape index (κ3) is 2.60. The summed E-state index contributed by atoms with van der Waals surface area (Å²) in [6.07, 6.45) is 10.8. The van der Waals surface area contributed by atoms with Crippen molar-refractivity contribution in [3.05, 3.63) is 16.4 Å². The van der Waals surface area contributed by atoms with Crippen LogP contribution in [-0.2, 0) is 16.6 Å². The van der Waals surface area contributed by atoms with Gasteiger partial charge < -0.3 is 9.47 Å². The molecule has 1 aromatic rings. The second-order valence-electron chi connectivity index (χ2n) is 9.10. The number of carbonyl (C=O) groups is 2. The van der Waals surface area contributed by atoms with Crippen molar-refractivity contribution in [2.75, 3.05) is 6.54 Å². The molecule has 1 aliphatic heterocycles. The summed E-state index contributed by atoms with van der Waals surface area (Å²) in [5.41, 5.74) is -0.161. The van der Waals surface area contributed by atoms with Crippen molar-refractivity contribution in [2.45, 2.75) is 57.4 Å². The first-order valence-corrected chi connectivity index (χ1v) is 10.9. The van der Waals surface area contributed by atoms with Crippen molar-refractivity contribution in [3.8, 4) is 0 Å². The van der Waals surface area contributed by atoms with Gasteiger partial charge in [0.1, 0.15) is 6.04 Å². The fourth-order valence-electron chi connectivity index (χ4n) is 6.55. The molecule has 5 nitrogen and oxygen atoms in total. The summed E-state index contributed by atoms with van der Waals surface area (Å²) < 4.78 is 1.86. The molecule has 4 aliphatic carbocycles. The standard InChI is InChI=1S/C20H27N3O2S/c1-22-5-6-26-19(22)21-17(24)16-3-2-4-23(16)18(25)20-10-13-7-14(11-20)9-15(8-13)12-20/h5-6,13-16H,2-4,7-12H2,1H3. The Hall–Kier alpha value is -1.43. The molecule has 1 aromatic heterocycles. The van der Waals surface area contributed by atoms with Gasteiger partial charge in [-0.15, -0.1) is 11.3 Å². The van der Waals surface area contributed by atoms with E-state index in [-0.39, 0.29) is 23.3 Å². The highest BCUT2D eigenvalue weighted by Gasteiger charge is 2.56. The van der Waals surface area contributed by atoms with Crippen molar-refractivity contribution in [3.63, 3.8) is 0 Å². The molecule has 0 radical (unpaired) electrons. The lowest BCUT2D eigenvalue weighted by Gasteiger charge is -2.56. The van der Waals surface area contributed by atoms with E-state index in [2.05, 4.69) is 4.99 Å². The van der Waals surface area contributed by atoms with Crippen LogP contribution in [-0.4, -0.2) is 33.9 Å². The molecular weight excluding hydrogens is 346 g/mol. The molecule has 26 heavy (non-hydrogen) atoms. The molecule has 5 fully saturated rings. The van der Waals surface area contributed by atoms with Crippen molar-refractivity contribution >= 4 is 23.2 Å². The van der Waals surface area contributed by atoms with E-state index in [9.17, 15) is 9.59 Å². The molecule has 2 heterocycles. The zero-order chi connectivity index (χ0) is 17.9. The highest BCUT2D eigenvalue weighted by atomic mass is 32.1. The third-order valence-corrected chi connectivity index (χ3v) is 8.10. The maximum atomic E-state index is 13.6. The first kappa shape index (κ1) is 16.7. The zero-order valence-electron chi connectivity index (χ0n) is 15.4. The van der Waals surface area contributed by atoms with Gasteiger partial charge in [0.2, 0.25) is 5.91 Å². The smallest absolute Gasteiger partial charge is 0.271 e. The van der Waals surface area contributed by atoms with Gasteiger partial charge in [0.15, 0.2) is 4.80 Å². The van der Waals surface area contributed by atoms with Crippen LogP contribution in [0.1, 0.15) is 51.4 Å². The average Bonchev–Trinajstić information content (AvgIpc) is 3.22. The molecule has 6 rings (SSSR count). The van der Waals surface area contributed by atoms with Gasteiger partial charge in [-0.05, 0) is 69.1 Å². The fraction of sp³-hybridized carbons (Fsp3) is 0.750. The molecular formula is C20H27N3O2S. The number of nitrogens with zero attached hydrogens (tertiary/aromatic N) is 3. The minimum Gasteiger partial charge on any atom is -0.330 e. The van der Waals surface area contributed by atoms with Crippen LogP contribution in [0.15, 0.2) is 16.6 Å². The molecule has 0 aromatic carbocycles.